The van der Waals surface area contributed by atoms with E-state index in [9.17, 15) is 26.3 Å². The van der Waals surface area contributed by atoms with Crippen LogP contribution in [0.15, 0.2) is 0 Å². The number of alkyl halides is 6. The Morgan fingerprint density at radius 3 is 2.20 bits per heavy atom. The molecule has 0 spiro atoms. The summed E-state index contributed by atoms with van der Waals surface area (Å²) in [5.74, 6) is 1.65. The minimum Gasteiger partial charge on any atom is -0.326 e. The fourth-order valence-electron chi connectivity index (χ4n) is 8.48. The van der Waals surface area contributed by atoms with Gasteiger partial charge in [0.05, 0.1) is 18.4 Å². The van der Waals surface area contributed by atoms with Crippen molar-refractivity contribution in [2.24, 2.45) is 29.6 Å². The second kappa shape index (κ2) is 12.0. The standard InChI is InChI=1S/C28H47F6N7/c1-16(2)19-6-4-5-7-20(19)23-36-12-21-25(38-23)40(26(35)41(21)15-27(29,30)31)13-17-8-10-18(11-9-17)24-37-22(14-39(24)3)28(32,33)34/h16-25,35-38H,4-15H2,1-3H3. The van der Waals surface area contributed by atoms with Crippen molar-refractivity contribution in [3.05, 3.63) is 0 Å². The predicted octanol–water partition coefficient (Wildman–Crippen LogP) is 4.38. The highest BCUT2D eigenvalue weighted by molar-refractivity contribution is 5.80. The van der Waals surface area contributed by atoms with E-state index in [2.05, 4.69) is 29.8 Å². The van der Waals surface area contributed by atoms with E-state index in [1.165, 1.54) is 11.3 Å². The van der Waals surface area contributed by atoms with Crippen LogP contribution in [0.5, 0.6) is 0 Å². The van der Waals surface area contributed by atoms with Crippen molar-refractivity contribution in [3.8, 4) is 0 Å². The Hall–Kier alpha value is -1.31. The Kier molecular flexibility index (Phi) is 9.11. The summed E-state index contributed by atoms with van der Waals surface area (Å²) >= 11 is 0. The molecule has 0 radical (unpaired) electrons. The monoisotopic (exact) mass is 595 g/mol. The maximum Gasteiger partial charge on any atom is 0.406 e. The van der Waals surface area contributed by atoms with Gasteiger partial charge < -0.3 is 9.80 Å². The highest BCUT2D eigenvalue weighted by atomic mass is 19.4. The summed E-state index contributed by atoms with van der Waals surface area (Å²) in [4.78, 5) is 4.80. The maximum absolute atomic E-state index is 13.6. The number of rotatable bonds is 6. The van der Waals surface area contributed by atoms with Gasteiger partial charge >= 0.3 is 12.4 Å². The van der Waals surface area contributed by atoms with E-state index < -0.39 is 31.0 Å². The van der Waals surface area contributed by atoms with Crippen molar-refractivity contribution in [3.63, 3.8) is 0 Å². The molecule has 4 N–H and O–H groups in total. The van der Waals surface area contributed by atoms with Gasteiger partial charge in [0.2, 0.25) is 0 Å². The molecule has 0 aromatic carbocycles. The van der Waals surface area contributed by atoms with Crippen molar-refractivity contribution in [1.29, 1.82) is 5.41 Å². The molecule has 0 aromatic rings. The molecule has 3 saturated heterocycles. The predicted molar refractivity (Wildman–Crippen MR) is 145 cm³/mol. The van der Waals surface area contributed by atoms with E-state index in [1.807, 2.05) is 4.90 Å². The molecule has 0 bridgehead atoms. The number of hydrogen-bond acceptors (Lipinski definition) is 5. The molecule has 0 aromatic heterocycles. The lowest BCUT2D eigenvalue weighted by Gasteiger charge is -2.46. The molecule has 41 heavy (non-hydrogen) atoms. The van der Waals surface area contributed by atoms with Crippen LogP contribution < -0.4 is 16.0 Å². The first-order valence-corrected chi connectivity index (χ1v) is 15.4. The van der Waals surface area contributed by atoms with Gasteiger partial charge in [-0.2, -0.15) is 26.3 Å². The summed E-state index contributed by atoms with van der Waals surface area (Å²) in [7, 11) is 1.73. The van der Waals surface area contributed by atoms with E-state index in [1.54, 1.807) is 11.9 Å². The molecule has 3 heterocycles. The Bertz CT molecular complexity index is 905. The number of likely N-dealkylation sites (N-methyl/N-ethyl adjacent to an activating group) is 1. The Morgan fingerprint density at radius 2 is 1.59 bits per heavy atom. The van der Waals surface area contributed by atoms with Crippen LogP contribution >= 0.6 is 0 Å². The van der Waals surface area contributed by atoms with Crippen LogP contribution in [0.3, 0.4) is 0 Å². The van der Waals surface area contributed by atoms with E-state index in [0.29, 0.717) is 30.8 Å². The number of nitrogens with one attached hydrogen (secondary N) is 4. The molecular weight excluding hydrogens is 548 g/mol. The molecule has 5 rings (SSSR count). The topological polar surface area (TPSA) is 69.7 Å². The summed E-state index contributed by atoms with van der Waals surface area (Å²) in [6.45, 7) is 4.16. The van der Waals surface area contributed by atoms with Gasteiger partial charge in [-0.25, -0.2) is 0 Å². The Morgan fingerprint density at radius 1 is 0.902 bits per heavy atom. The van der Waals surface area contributed by atoms with Gasteiger partial charge in [0.1, 0.15) is 18.8 Å². The zero-order valence-electron chi connectivity index (χ0n) is 24.4. The SMILES string of the molecule is CC(C)C1CCCCC1C1NCC2C(N1)N(CC1CCC(C3NC(C(F)(F)F)CN3C)CC1)C(=N)N2CC(F)(F)F. The quantitative estimate of drug-likeness (QED) is 0.342. The highest BCUT2D eigenvalue weighted by Gasteiger charge is 2.52. The minimum atomic E-state index is -4.41. The Balaban J connectivity index is 1.25. The summed E-state index contributed by atoms with van der Waals surface area (Å²) in [6, 6.07) is -2.01. The van der Waals surface area contributed by atoms with E-state index >= 15 is 0 Å². The van der Waals surface area contributed by atoms with Gasteiger partial charge in [-0.15, -0.1) is 0 Å². The van der Waals surface area contributed by atoms with Crippen LogP contribution in [0.1, 0.15) is 65.2 Å². The van der Waals surface area contributed by atoms with Crippen LogP contribution in [0.4, 0.5) is 26.3 Å². The lowest BCUT2D eigenvalue weighted by Crippen LogP contribution is -2.68. The van der Waals surface area contributed by atoms with Gasteiger partial charge in [-0.05, 0) is 75.2 Å². The summed E-state index contributed by atoms with van der Waals surface area (Å²) < 4.78 is 80.6. The zero-order chi connectivity index (χ0) is 29.7. The zero-order valence-corrected chi connectivity index (χ0v) is 24.4. The number of nitrogens with zero attached hydrogens (tertiary/aromatic N) is 3. The maximum atomic E-state index is 13.6. The fraction of sp³-hybridized carbons (Fsp3) is 0.964. The van der Waals surface area contributed by atoms with Crippen molar-refractivity contribution in [2.45, 2.75) is 108 Å². The van der Waals surface area contributed by atoms with E-state index in [4.69, 9.17) is 5.41 Å². The molecule has 7 nitrogen and oxygen atoms in total. The summed E-state index contributed by atoms with van der Waals surface area (Å²) in [5.41, 5.74) is 0. The number of halogens is 6. The van der Waals surface area contributed by atoms with Crippen LogP contribution in [0.25, 0.3) is 0 Å². The molecule has 236 valence electrons. The number of fused-ring (bicyclic) bond motifs is 1. The van der Waals surface area contributed by atoms with Gasteiger partial charge in [-0.1, -0.05) is 26.7 Å². The molecule has 0 amide bonds. The molecule has 3 aliphatic heterocycles. The first-order valence-electron chi connectivity index (χ1n) is 15.4. The molecule has 13 heteroatoms. The molecule has 5 aliphatic rings. The average Bonchev–Trinajstić information content (AvgIpc) is 3.42. The average molecular weight is 596 g/mol. The lowest BCUT2D eigenvalue weighted by molar-refractivity contribution is -0.150. The molecule has 2 aliphatic carbocycles. The normalized spacial score (nSPS) is 39.6. The second-order valence-electron chi connectivity index (χ2n) is 13.6. The van der Waals surface area contributed by atoms with Gasteiger partial charge in [-0.3, -0.25) is 26.3 Å². The second-order valence-corrected chi connectivity index (χ2v) is 13.6. The smallest absolute Gasteiger partial charge is 0.326 e. The summed E-state index contributed by atoms with van der Waals surface area (Å²) in [6.07, 6.45) is -1.71. The van der Waals surface area contributed by atoms with Crippen molar-refractivity contribution >= 4 is 5.96 Å². The molecule has 7 unspecified atom stereocenters. The highest BCUT2D eigenvalue weighted by Crippen LogP contribution is 2.40. The van der Waals surface area contributed by atoms with Crippen LogP contribution in [-0.4, -0.2) is 96.8 Å². The molecule has 2 saturated carbocycles. The van der Waals surface area contributed by atoms with E-state index in [-0.39, 0.29) is 42.8 Å². The summed E-state index contributed by atoms with van der Waals surface area (Å²) in [5, 5.41) is 18.8. The van der Waals surface area contributed by atoms with Gasteiger partial charge in [0.15, 0.2) is 5.96 Å². The number of guanidine groups is 1. The van der Waals surface area contributed by atoms with Crippen molar-refractivity contribution in [1.82, 2.24) is 30.7 Å². The third-order valence-corrected chi connectivity index (χ3v) is 10.6. The van der Waals surface area contributed by atoms with Gasteiger partial charge in [0, 0.05) is 19.6 Å². The fourth-order valence-corrected chi connectivity index (χ4v) is 8.48. The molecule has 5 fully saturated rings. The van der Waals surface area contributed by atoms with Crippen molar-refractivity contribution in [2.75, 3.05) is 33.2 Å². The molecule has 7 atom stereocenters. The number of hydrogen-bond donors (Lipinski definition) is 4. The molecular formula is C28H47F6N7. The first-order chi connectivity index (χ1) is 19.2. The van der Waals surface area contributed by atoms with Crippen LogP contribution in [-0.2, 0) is 0 Å². The van der Waals surface area contributed by atoms with E-state index in [0.717, 1.165) is 44.9 Å². The van der Waals surface area contributed by atoms with Crippen LogP contribution in [0.2, 0.25) is 0 Å². The largest absolute Gasteiger partial charge is 0.406 e. The first kappa shape index (κ1) is 31.1. The Labute approximate surface area is 239 Å². The van der Waals surface area contributed by atoms with Gasteiger partial charge in [0.25, 0.3) is 0 Å². The third-order valence-electron chi connectivity index (χ3n) is 10.6. The van der Waals surface area contributed by atoms with Crippen LogP contribution in [0, 0.1) is 35.0 Å². The minimum absolute atomic E-state index is 0.00798. The van der Waals surface area contributed by atoms with Crippen molar-refractivity contribution < 1.29 is 26.3 Å². The lowest BCUT2D eigenvalue weighted by atomic mass is 9.71. The third kappa shape index (κ3) is 6.77.